The van der Waals surface area contributed by atoms with Gasteiger partial charge in [-0.15, -0.1) is 11.3 Å². The molecule has 0 spiro atoms. The Morgan fingerprint density at radius 2 is 1.90 bits per heavy atom. The molecule has 4 rings (SSSR count). The van der Waals surface area contributed by atoms with Crippen molar-refractivity contribution in [1.82, 2.24) is 9.88 Å². The largest absolute Gasteiger partial charge is 0.496 e. The summed E-state index contributed by atoms with van der Waals surface area (Å²) in [4.78, 5) is 13.2. The van der Waals surface area contributed by atoms with Crippen molar-refractivity contribution in [3.63, 3.8) is 0 Å². The van der Waals surface area contributed by atoms with Crippen LogP contribution >= 0.6 is 27.3 Å². The van der Waals surface area contributed by atoms with Crippen LogP contribution in [-0.4, -0.2) is 17.6 Å². The number of rotatable bonds is 6. The van der Waals surface area contributed by atoms with Crippen LogP contribution in [0.5, 0.6) is 5.75 Å². The van der Waals surface area contributed by atoms with Crippen LogP contribution in [0, 0.1) is 0 Å². The lowest BCUT2D eigenvalue weighted by Gasteiger charge is -2.17. The Kier molecular flexibility index (Phi) is 5.74. The van der Waals surface area contributed by atoms with E-state index in [1.165, 1.54) is 0 Å². The summed E-state index contributed by atoms with van der Waals surface area (Å²) in [5.41, 5.74) is 3.77. The summed E-state index contributed by atoms with van der Waals surface area (Å²) in [5.74, 6) is 0.719. The highest BCUT2D eigenvalue weighted by Crippen LogP contribution is 2.34. The first kappa shape index (κ1) is 19.7. The van der Waals surface area contributed by atoms with Gasteiger partial charge in [-0.1, -0.05) is 48.5 Å². The summed E-state index contributed by atoms with van der Waals surface area (Å²) in [5, 5.41) is 5.19. The molecule has 6 heteroatoms. The van der Waals surface area contributed by atoms with Gasteiger partial charge in [-0.3, -0.25) is 4.79 Å². The first-order valence-electron chi connectivity index (χ1n) is 9.32. The lowest BCUT2D eigenvalue weighted by Crippen LogP contribution is -2.28. The minimum atomic E-state index is -0.0912. The molecule has 0 aliphatic carbocycles. The van der Waals surface area contributed by atoms with Gasteiger partial charge in [0, 0.05) is 10.9 Å². The molecular weight excluding hydrogens is 448 g/mol. The van der Waals surface area contributed by atoms with Crippen LogP contribution in [0.3, 0.4) is 0 Å². The number of thiophene rings is 1. The second-order valence-electron chi connectivity index (χ2n) is 6.83. The Morgan fingerprint density at radius 1 is 1.17 bits per heavy atom. The Bertz CT molecular complexity index is 1150. The molecule has 1 atom stereocenters. The van der Waals surface area contributed by atoms with Crippen molar-refractivity contribution in [3.05, 3.63) is 87.3 Å². The second-order valence-corrected chi connectivity index (χ2v) is 8.60. The van der Waals surface area contributed by atoms with E-state index in [-0.39, 0.29) is 11.9 Å². The number of benzene rings is 2. The highest BCUT2D eigenvalue weighted by molar-refractivity contribution is 9.10. The van der Waals surface area contributed by atoms with E-state index < -0.39 is 0 Å². The van der Waals surface area contributed by atoms with E-state index in [0.29, 0.717) is 12.2 Å². The van der Waals surface area contributed by atoms with Crippen molar-refractivity contribution in [2.45, 2.75) is 19.5 Å². The SMILES string of the molecule is COc1ccccc1Cn1c(C(=O)N[C@@H](C)c2ccccc2)cc2scc(Br)c21. The molecule has 148 valence electrons. The number of carbonyl (C=O) groups excluding carboxylic acids is 1. The van der Waals surface area contributed by atoms with Crippen molar-refractivity contribution in [2.24, 2.45) is 0 Å². The summed E-state index contributed by atoms with van der Waals surface area (Å²) in [6, 6.07) is 19.8. The van der Waals surface area contributed by atoms with Crippen LogP contribution in [-0.2, 0) is 6.54 Å². The molecule has 0 saturated heterocycles. The van der Waals surface area contributed by atoms with Gasteiger partial charge in [0.25, 0.3) is 5.91 Å². The van der Waals surface area contributed by atoms with Gasteiger partial charge < -0.3 is 14.6 Å². The van der Waals surface area contributed by atoms with E-state index in [2.05, 4.69) is 31.2 Å². The van der Waals surface area contributed by atoms with Gasteiger partial charge in [0.2, 0.25) is 0 Å². The topological polar surface area (TPSA) is 43.3 Å². The van der Waals surface area contributed by atoms with Gasteiger partial charge in [-0.25, -0.2) is 0 Å². The molecule has 29 heavy (non-hydrogen) atoms. The molecule has 1 N–H and O–H groups in total. The number of hydrogen-bond acceptors (Lipinski definition) is 3. The highest BCUT2D eigenvalue weighted by Gasteiger charge is 2.21. The van der Waals surface area contributed by atoms with Crippen molar-refractivity contribution in [2.75, 3.05) is 7.11 Å². The maximum absolute atomic E-state index is 13.2. The second kappa shape index (κ2) is 8.43. The Labute approximate surface area is 182 Å². The molecule has 4 aromatic rings. The van der Waals surface area contributed by atoms with E-state index in [4.69, 9.17) is 4.74 Å². The average Bonchev–Trinajstić information content (AvgIpc) is 3.29. The molecule has 0 aliphatic heterocycles. The summed E-state index contributed by atoms with van der Waals surface area (Å²) in [6.45, 7) is 2.55. The molecular formula is C23H21BrN2O2S. The number of fused-ring (bicyclic) bond motifs is 1. The zero-order valence-corrected chi connectivity index (χ0v) is 18.6. The molecule has 0 unspecified atom stereocenters. The number of nitrogens with zero attached hydrogens (tertiary/aromatic N) is 1. The van der Waals surface area contributed by atoms with Gasteiger partial charge in [-0.2, -0.15) is 0 Å². The first-order valence-corrected chi connectivity index (χ1v) is 11.0. The zero-order chi connectivity index (χ0) is 20.4. The van der Waals surface area contributed by atoms with E-state index >= 15 is 0 Å². The molecule has 0 fully saturated rings. The van der Waals surface area contributed by atoms with Crippen LogP contribution in [0.15, 0.2) is 70.5 Å². The number of para-hydroxylation sites is 1. The zero-order valence-electron chi connectivity index (χ0n) is 16.2. The predicted molar refractivity (Wildman–Crippen MR) is 122 cm³/mol. The Morgan fingerprint density at radius 3 is 2.66 bits per heavy atom. The maximum atomic E-state index is 13.2. The van der Waals surface area contributed by atoms with Gasteiger partial charge in [0.1, 0.15) is 11.4 Å². The highest BCUT2D eigenvalue weighted by atomic mass is 79.9. The minimum absolute atomic E-state index is 0.0835. The average molecular weight is 469 g/mol. The predicted octanol–water partition coefficient (Wildman–Crippen LogP) is 6.01. The van der Waals surface area contributed by atoms with Gasteiger partial charge in [-0.05, 0) is 40.5 Å². The summed E-state index contributed by atoms with van der Waals surface area (Å²) in [7, 11) is 1.67. The van der Waals surface area contributed by atoms with Gasteiger partial charge in [0.05, 0.1) is 34.4 Å². The normalized spacial score (nSPS) is 12.1. The van der Waals surface area contributed by atoms with Crippen molar-refractivity contribution >= 4 is 43.4 Å². The maximum Gasteiger partial charge on any atom is 0.268 e. The smallest absolute Gasteiger partial charge is 0.268 e. The molecule has 2 aromatic heterocycles. The number of ether oxygens (including phenoxy) is 1. The van der Waals surface area contributed by atoms with Crippen molar-refractivity contribution < 1.29 is 9.53 Å². The molecule has 4 nitrogen and oxygen atoms in total. The fraction of sp³-hybridized carbons (Fsp3) is 0.174. The van der Waals surface area contributed by atoms with Crippen LogP contribution in [0.2, 0.25) is 0 Å². The standard InChI is InChI=1S/C23H21BrN2O2S/c1-15(16-8-4-3-5-9-16)25-23(27)19-12-21-22(18(24)14-29-21)26(19)13-17-10-6-7-11-20(17)28-2/h3-12,14-15H,13H2,1-2H3,(H,25,27)/t15-/m0/s1. The number of aromatic nitrogens is 1. The van der Waals surface area contributed by atoms with Crippen LogP contribution in [0.4, 0.5) is 0 Å². The molecule has 0 radical (unpaired) electrons. The molecule has 0 aliphatic rings. The fourth-order valence-corrected chi connectivity index (χ4v) is 5.18. The van der Waals surface area contributed by atoms with E-state index in [1.807, 2.05) is 67.6 Å². The van der Waals surface area contributed by atoms with Crippen molar-refractivity contribution in [3.8, 4) is 5.75 Å². The molecule has 2 heterocycles. The summed E-state index contributed by atoms with van der Waals surface area (Å²) >= 11 is 5.27. The monoisotopic (exact) mass is 468 g/mol. The minimum Gasteiger partial charge on any atom is -0.496 e. The molecule has 0 saturated carbocycles. The number of carbonyl (C=O) groups is 1. The lowest BCUT2D eigenvalue weighted by molar-refractivity contribution is 0.0931. The first-order chi connectivity index (χ1) is 14.1. The summed E-state index contributed by atoms with van der Waals surface area (Å²) in [6.07, 6.45) is 0. The van der Waals surface area contributed by atoms with Crippen LogP contribution in [0.1, 0.15) is 34.6 Å². The third-order valence-corrected chi connectivity index (χ3v) is 6.80. The van der Waals surface area contributed by atoms with Crippen LogP contribution < -0.4 is 10.1 Å². The lowest BCUT2D eigenvalue weighted by atomic mass is 10.1. The van der Waals surface area contributed by atoms with Crippen LogP contribution in [0.25, 0.3) is 10.2 Å². The number of methoxy groups -OCH3 is 1. The van der Waals surface area contributed by atoms with E-state index in [9.17, 15) is 4.79 Å². The summed E-state index contributed by atoms with van der Waals surface area (Å²) < 4.78 is 9.64. The quantitative estimate of drug-likeness (QED) is 0.376. The molecule has 0 bridgehead atoms. The fourth-order valence-electron chi connectivity index (χ4n) is 3.48. The molecule has 1 amide bonds. The number of amides is 1. The third-order valence-electron chi connectivity index (χ3n) is 4.98. The third kappa shape index (κ3) is 3.95. The van der Waals surface area contributed by atoms with Gasteiger partial charge in [0.15, 0.2) is 0 Å². The Balaban J connectivity index is 1.71. The van der Waals surface area contributed by atoms with Gasteiger partial charge >= 0.3 is 0 Å². The molecule has 2 aromatic carbocycles. The number of nitrogens with one attached hydrogen (secondary N) is 1. The number of hydrogen-bond donors (Lipinski definition) is 1. The van der Waals surface area contributed by atoms with E-state index in [1.54, 1.807) is 18.4 Å². The van der Waals surface area contributed by atoms with Crippen molar-refractivity contribution in [1.29, 1.82) is 0 Å². The Hall–Kier alpha value is -2.57. The number of halogens is 1. The van der Waals surface area contributed by atoms with E-state index in [0.717, 1.165) is 31.6 Å².